The Balaban J connectivity index is 2.50. The molecule has 0 saturated carbocycles. The molecule has 1 aliphatic rings. The van der Waals surface area contributed by atoms with Gasteiger partial charge < -0.3 is 5.73 Å². The molecular formula is C13H18Cl2N2O2S. The van der Waals surface area contributed by atoms with Crippen LogP contribution in [0.3, 0.4) is 0 Å². The minimum Gasteiger partial charge on any atom is -0.326 e. The second kappa shape index (κ2) is 5.81. The lowest BCUT2D eigenvalue weighted by Crippen LogP contribution is -2.34. The Labute approximate surface area is 129 Å². The summed E-state index contributed by atoms with van der Waals surface area (Å²) in [7, 11) is -3.61. The molecule has 0 amide bonds. The van der Waals surface area contributed by atoms with E-state index in [9.17, 15) is 8.42 Å². The predicted octanol–water partition coefficient (Wildman–Crippen LogP) is 2.87. The van der Waals surface area contributed by atoms with Crippen LogP contribution >= 0.6 is 23.2 Å². The van der Waals surface area contributed by atoms with Crippen molar-refractivity contribution in [2.24, 2.45) is 11.7 Å². The minimum atomic E-state index is -3.61. The number of halogens is 2. The maximum Gasteiger partial charge on any atom is 0.244 e. The van der Waals surface area contributed by atoms with E-state index < -0.39 is 10.0 Å². The van der Waals surface area contributed by atoms with Crippen molar-refractivity contribution in [3.63, 3.8) is 0 Å². The molecule has 2 unspecified atom stereocenters. The zero-order chi connectivity index (χ0) is 15.1. The first-order chi connectivity index (χ1) is 9.28. The van der Waals surface area contributed by atoms with Crippen molar-refractivity contribution in [3.05, 3.63) is 27.7 Å². The highest BCUT2D eigenvalue weighted by Gasteiger charge is 2.37. The van der Waals surface area contributed by atoms with Crippen molar-refractivity contribution < 1.29 is 8.42 Å². The normalized spacial score (nSPS) is 24.2. The molecule has 4 nitrogen and oxygen atoms in total. The summed E-state index contributed by atoms with van der Waals surface area (Å²) in [6.45, 7) is 4.57. The highest BCUT2D eigenvalue weighted by atomic mass is 35.5. The average Bonchev–Trinajstić information content (AvgIpc) is 2.69. The van der Waals surface area contributed by atoms with Gasteiger partial charge in [0.1, 0.15) is 4.90 Å². The third-order valence-electron chi connectivity index (χ3n) is 3.67. The van der Waals surface area contributed by atoms with Gasteiger partial charge in [0, 0.05) is 29.7 Å². The van der Waals surface area contributed by atoms with Crippen LogP contribution in [0.15, 0.2) is 17.0 Å². The number of hydrogen-bond acceptors (Lipinski definition) is 3. The van der Waals surface area contributed by atoms with Gasteiger partial charge in [0.2, 0.25) is 10.0 Å². The van der Waals surface area contributed by atoms with E-state index in [-0.39, 0.29) is 22.5 Å². The van der Waals surface area contributed by atoms with Gasteiger partial charge in [-0.15, -0.1) is 0 Å². The fourth-order valence-corrected chi connectivity index (χ4v) is 5.36. The lowest BCUT2D eigenvalue weighted by Gasteiger charge is -2.22. The Morgan fingerprint density at radius 2 is 2.00 bits per heavy atom. The molecule has 20 heavy (non-hydrogen) atoms. The van der Waals surface area contributed by atoms with Crippen molar-refractivity contribution in [1.82, 2.24) is 4.31 Å². The maximum atomic E-state index is 12.7. The van der Waals surface area contributed by atoms with Crippen LogP contribution in [-0.2, 0) is 16.6 Å². The first kappa shape index (κ1) is 16.0. The molecule has 0 aromatic heterocycles. The summed E-state index contributed by atoms with van der Waals surface area (Å²) >= 11 is 12.2. The molecule has 0 aliphatic carbocycles. The fraction of sp³-hybridized carbons (Fsp3) is 0.538. The molecule has 0 bridgehead atoms. The Morgan fingerprint density at radius 3 is 2.50 bits per heavy atom. The van der Waals surface area contributed by atoms with Crippen LogP contribution in [0.4, 0.5) is 0 Å². The zero-order valence-corrected chi connectivity index (χ0v) is 13.8. The summed E-state index contributed by atoms with van der Waals surface area (Å²) in [6.07, 6.45) is 0.855. The van der Waals surface area contributed by atoms with Crippen LogP contribution in [0.5, 0.6) is 0 Å². The maximum absolute atomic E-state index is 12.7. The first-order valence-corrected chi connectivity index (χ1v) is 8.67. The van der Waals surface area contributed by atoms with E-state index in [0.717, 1.165) is 6.42 Å². The van der Waals surface area contributed by atoms with E-state index in [4.69, 9.17) is 28.9 Å². The Kier molecular flexibility index (Phi) is 4.66. The van der Waals surface area contributed by atoms with Crippen LogP contribution in [0.1, 0.15) is 25.8 Å². The molecule has 0 radical (unpaired) electrons. The van der Waals surface area contributed by atoms with E-state index in [2.05, 4.69) is 0 Å². The Bertz CT molecular complexity index is 619. The molecular weight excluding hydrogens is 319 g/mol. The third-order valence-corrected chi connectivity index (χ3v) is 6.59. The van der Waals surface area contributed by atoms with E-state index >= 15 is 0 Å². The second-order valence-electron chi connectivity index (χ2n) is 5.31. The molecule has 0 spiro atoms. The number of nitrogens with zero attached hydrogens (tertiary/aromatic N) is 1. The molecule has 7 heteroatoms. The van der Waals surface area contributed by atoms with Gasteiger partial charge in [-0.3, -0.25) is 0 Å². The summed E-state index contributed by atoms with van der Waals surface area (Å²) in [6, 6.07) is 2.96. The highest BCUT2D eigenvalue weighted by Crippen LogP contribution is 2.35. The van der Waals surface area contributed by atoms with Gasteiger partial charge in [0.25, 0.3) is 0 Å². The number of rotatable bonds is 3. The number of hydrogen-bond donors (Lipinski definition) is 1. The molecule has 1 aromatic carbocycles. The average molecular weight is 337 g/mol. The van der Waals surface area contributed by atoms with Crippen molar-refractivity contribution in [1.29, 1.82) is 0 Å². The molecule has 1 fully saturated rings. The van der Waals surface area contributed by atoms with Gasteiger partial charge >= 0.3 is 0 Å². The van der Waals surface area contributed by atoms with Crippen LogP contribution in [0, 0.1) is 5.92 Å². The van der Waals surface area contributed by atoms with Gasteiger partial charge in [0.05, 0.1) is 5.02 Å². The number of sulfonamides is 1. The molecule has 1 aromatic rings. The van der Waals surface area contributed by atoms with Crippen molar-refractivity contribution in [2.45, 2.75) is 37.8 Å². The Morgan fingerprint density at radius 1 is 1.35 bits per heavy atom. The molecule has 1 heterocycles. The summed E-state index contributed by atoms with van der Waals surface area (Å²) < 4.78 is 27.0. The van der Waals surface area contributed by atoms with E-state index in [1.54, 1.807) is 0 Å². The van der Waals surface area contributed by atoms with Gasteiger partial charge in [-0.2, -0.15) is 4.31 Å². The van der Waals surface area contributed by atoms with Crippen LogP contribution in [-0.4, -0.2) is 25.3 Å². The Hall–Kier alpha value is -0.330. The van der Waals surface area contributed by atoms with Gasteiger partial charge in [-0.25, -0.2) is 8.42 Å². The minimum absolute atomic E-state index is 0.0249. The number of benzene rings is 1. The molecule has 2 rings (SSSR count). The fourth-order valence-electron chi connectivity index (χ4n) is 2.69. The van der Waals surface area contributed by atoms with E-state index in [1.807, 2.05) is 13.8 Å². The summed E-state index contributed by atoms with van der Waals surface area (Å²) in [4.78, 5) is 0.0879. The molecule has 2 N–H and O–H groups in total. The molecule has 112 valence electrons. The topological polar surface area (TPSA) is 63.4 Å². The summed E-state index contributed by atoms with van der Waals surface area (Å²) in [5.74, 6) is 0.347. The number of nitrogens with two attached hydrogens (primary N) is 1. The lowest BCUT2D eigenvalue weighted by atomic mass is 10.1. The van der Waals surface area contributed by atoms with Crippen LogP contribution < -0.4 is 5.73 Å². The lowest BCUT2D eigenvalue weighted by molar-refractivity contribution is 0.405. The summed E-state index contributed by atoms with van der Waals surface area (Å²) in [5, 5.41) is 0.519. The molecule has 2 atom stereocenters. The monoisotopic (exact) mass is 336 g/mol. The highest BCUT2D eigenvalue weighted by molar-refractivity contribution is 7.89. The third kappa shape index (κ3) is 2.70. The largest absolute Gasteiger partial charge is 0.326 e. The zero-order valence-electron chi connectivity index (χ0n) is 11.4. The van der Waals surface area contributed by atoms with Gasteiger partial charge in [-0.1, -0.05) is 30.1 Å². The summed E-state index contributed by atoms with van der Waals surface area (Å²) in [5.41, 5.74) is 6.06. The first-order valence-electron chi connectivity index (χ1n) is 6.47. The van der Waals surface area contributed by atoms with E-state index in [1.165, 1.54) is 16.4 Å². The van der Waals surface area contributed by atoms with Gasteiger partial charge in [-0.05, 0) is 31.4 Å². The molecule has 1 saturated heterocycles. The van der Waals surface area contributed by atoms with Crippen molar-refractivity contribution in [2.75, 3.05) is 6.54 Å². The van der Waals surface area contributed by atoms with Crippen LogP contribution in [0.2, 0.25) is 10.0 Å². The van der Waals surface area contributed by atoms with E-state index in [0.29, 0.717) is 23.0 Å². The standard InChI is InChI=1S/C13H18Cl2N2O2S/c1-8-5-9(2)17(7-8)20(18,19)12-4-3-11(14)10(6-16)13(12)15/h3-4,8-9H,5-7,16H2,1-2H3. The van der Waals surface area contributed by atoms with Gasteiger partial charge in [0.15, 0.2) is 0 Å². The van der Waals surface area contributed by atoms with Crippen LogP contribution in [0.25, 0.3) is 0 Å². The molecule has 1 aliphatic heterocycles. The quantitative estimate of drug-likeness (QED) is 0.922. The predicted molar refractivity (Wildman–Crippen MR) is 81.5 cm³/mol. The SMILES string of the molecule is CC1CC(C)N(S(=O)(=O)c2ccc(Cl)c(CN)c2Cl)C1. The van der Waals surface area contributed by atoms with Crippen molar-refractivity contribution in [3.8, 4) is 0 Å². The second-order valence-corrected chi connectivity index (χ2v) is 7.95. The smallest absolute Gasteiger partial charge is 0.244 e. The van der Waals surface area contributed by atoms with Crippen molar-refractivity contribution >= 4 is 33.2 Å².